The molecule has 142 valence electrons. The number of thioether (sulfide) groups is 1. The fourth-order valence-corrected chi connectivity index (χ4v) is 4.70. The van der Waals surface area contributed by atoms with Crippen molar-refractivity contribution in [1.29, 1.82) is 0 Å². The van der Waals surface area contributed by atoms with Crippen molar-refractivity contribution in [3.8, 4) is 16.9 Å². The van der Waals surface area contributed by atoms with Crippen LogP contribution in [0.25, 0.3) is 16.9 Å². The Morgan fingerprint density at radius 2 is 1.70 bits per heavy atom. The highest BCUT2D eigenvalue weighted by molar-refractivity contribution is 7.99. The van der Waals surface area contributed by atoms with Gasteiger partial charge in [-0.2, -0.15) is 4.57 Å². The van der Waals surface area contributed by atoms with Crippen LogP contribution in [0.1, 0.15) is 38.3 Å². The van der Waals surface area contributed by atoms with Crippen molar-refractivity contribution in [2.45, 2.75) is 51.2 Å². The molecule has 2 aromatic carbocycles. The van der Waals surface area contributed by atoms with Gasteiger partial charge in [0.25, 0.3) is 0 Å². The molecule has 0 unspecified atom stereocenters. The second kappa shape index (κ2) is 7.84. The van der Waals surface area contributed by atoms with Crippen LogP contribution in [-0.2, 0) is 12.0 Å². The van der Waals surface area contributed by atoms with Crippen LogP contribution in [0.3, 0.4) is 0 Å². The zero-order chi connectivity index (χ0) is 18.3. The van der Waals surface area contributed by atoms with Crippen LogP contribution in [0.4, 0.5) is 0 Å². The van der Waals surface area contributed by atoms with Gasteiger partial charge in [-0.15, -0.1) is 0 Å². The van der Waals surface area contributed by atoms with E-state index in [0.717, 1.165) is 6.54 Å². The van der Waals surface area contributed by atoms with Crippen molar-refractivity contribution in [3.05, 3.63) is 65.9 Å². The second-order valence-electron chi connectivity index (χ2n) is 8.13. The molecule has 0 amide bonds. The van der Waals surface area contributed by atoms with Crippen LogP contribution < -0.4 is 21.5 Å². The number of aryl methyl sites for hydroxylation is 1. The van der Waals surface area contributed by atoms with E-state index in [1.54, 1.807) is 0 Å². The Morgan fingerprint density at radius 1 is 1.00 bits per heavy atom. The second-order valence-corrected chi connectivity index (χ2v) is 9.20. The fraction of sp³-hybridized carbons (Fsp3) is 0.348. The lowest BCUT2D eigenvalue weighted by Gasteiger charge is -2.19. The molecule has 0 aliphatic carbocycles. The van der Waals surface area contributed by atoms with Gasteiger partial charge in [-0.1, -0.05) is 63.2 Å². The molecule has 0 fully saturated rings. The molecule has 0 saturated carbocycles. The Kier molecular flexibility index (Phi) is 5.87. The van der Waals surface area contributed by atoms with Crippen molar-refractivity contribution in [2.75, 3.05) is 5.75 Å². The minimum Gasteiger partial charge on any atom is -1.00 e. The molecule has 4 heteroatoms. The van der Waals surface area contributed by atoms with E-state index in [4.69, 9.17) is 0 Å². The predicted octanol–water partition coefficient (Wildman–Crippen LogP) is 2.54. The summed E-state index contributed by atoms with van der Waals surface area (Å²) in [5.74, 6) is 1.19. The highest BCUT2D eigenvalue weighted by atomic mass is 79.9. The first-order valence-corrected chi connectivity index (χ1v) is 10.4. The molecule has 2 heterocycles. The Hall–Kier alpha value is -1.52. The quantitative estimate of drug-likeness (QED) is 0.553. The Morgan fingerprint density at radius 3 is 2.37 bits per heavy atom. The molecular weight excluding hydrogens is 416 g/mol. The zero-order valence-electron chi connectivity index (χ0n) is 16.5. The molecule has 3 aromatic rings. The standard InChI is InChI=1S/C23H27N2S.BrH/c1-17-8-5-6-9-20(17)25-16-21(24-14-7-15-26-22(24)25)18-10-12-19(13-11-18)23(2,3)4;/h5-6,8-13,16H,7,14-15H2,1-4H3;1H/q+1;/p-1. The largest absolute Gasteiger partial charge is 1.00 e. The van der Waals surface area contributed by atoms with E-state index >= 15 is 0 Å². The van der Waals surface area contributed by atoms with E-state index in [9.17, 15) is 0 Å². The molecule has 27 heavy (non-hydrogen) atoms. The van der Waals surface area contributed by atoms with Gasteiger partial charge in [-0.05, 0) is 47.7 Å². The Bertz CT molecular complexity index is 936. The monoisotopic (exact) mass is 442 g/mol. The van der Waals surface area contributed by atoms with E-state index in [0.29, 0.717) is 0 Å². The van der Waals surface area contributed by atoms with E-state index in [1.165, 1.54) is 45.4 Å². The van der Waals surface area contributed by atoms with Crippen LogP contribution in [0.5, 0.6) is 0 Å². The van der Waals surface area contributed by atoms with Gasteiger partial charge in [-0.25, -0.2) is 4.57 Å². The minimum atomic E-state index is 0. The van der Waals surface area contributed by atoms with E-state index < -0.39 is 0 Å². The molecule has 0 atom stereocenters. The number of hydrogen-bond donors (Lipinski definition) is 0. The van der Waals surface area contributed by atoms with E-state index in [-0.39, 0.29) is 22.4 Å². The maximum absolute atomic E-state index is 2.49. The number of rotatable bonds is 2. The smallest absolute Gasteiger partial charge is 0.323 e. The first kappa shape index (κ1) is 20.2. The van der Waals surface area contributed by atoms with E-state index in [1.807, 2.05) is 11.8 Å². The van der Waals surface area contributed by atoms with Crippen LogP contribution in [0, 0.1) is 6.92 Å². The molecule has 0 radical (unpaired) electrons. The highest BCUT2D eigenvalue weighted by Gasteiger charge is 2.29. The van der Waals surface area contributed by atoms with Crippen LogP contribution >= 0.6 is 11.8 Å². The lowest BCUT2D eigenvalue weighted by atomic mass is 9.86. The van der Waals surface area contributed by atoms with Gasteiger partial charge in [0.1, 0.15) is 11.9 Å². The van der Waals surface area contributed by atoms with Gasteiger partial charge < -0.3 is 17.0 Å². The highest BCUT2D eigenvalue weighted by Crippen LogP contribution is 2.32. The number of nitrogens with zero attached hydrogens (tertiary/aromatic N) is 2. The first-order chi connectivity index (χ1) is 12.4. The number of hydrogen-bond acceptors (Lipinski definition) is 1. The van der Waals surface area contributed by atoms with Crippen LogP contribution in [0.15, 0.2) is 59.9 Å². The van der Waals surface area contributed by atoms with Crippen LogP contribution in [-0.4, -0.2) is 10.3 Å². The molecule has 0 bridgehead atoms. The van der Waals surface area contributed by atoms with Gasteiger partial charge in [0, 0.05) is 11.3 Å². The SMILES string of the molecule is Cc1ccccc1-[n+]1cc(-c2ccc(C(C)(C)C)cc2)n2c1SCCC2.[Br-]. The Balaban J connectivity index is 0.00000210. The zero-order valence-corrected chi connectivity index (χ0v) is 18.9. The van der Waals surface area contributed by atoms with Crippen molar-refractivity contribution < 1.29 is 21.5 Å². The Labute approximate surface area is 177 Å². The maximum Gasteiger partial charge on any atom is 0.323 e. The number of benzene rings is 2. The average Bonchev–Trinajstić information content (AvgIpc) is 3.01. The maximum atomic E-state index is 2.49. The van der Waals surface area contributed by atoms with Gasteiger partial charge in [0.2, 0.25) is 0 Å². The lowest BCUT2D eigenvalue weighted by Crippen LogP contribution is -3.00. The van der Waals surface area contributed by atoms with Crippen LogP contribution in [0.2, 0.25) is 0 Å². The summed E-state index contributed by atoms with van der Waals surface area (Å²) in [6, 6.07) is 17.8. The molecular formula is C23H27BrN2S. The average molecular weight is 443 g/mol. The summed E-state index contributed by atoms with van der Waals surface area (Å²) in [6.07, 6.45) is 3.55. The van der Waals surface area contributed by atoms with Gasteiger partial charge in [0.15, 0.2) is 5.69 Å². The summed E-state index contributed by atoms with van der Waals surface area (Å²) >= 11 is 1.97. The van der Waals surface area contributed by atoms with Crippen molar-refractivity contribution in [3.63, 3.8) is 0 Å². The predicted molar refractivity (Wildman–Crippen MR) is 110 cm³/mol. The summed E-state index contributed by atoms with van der Waals surface area (Å²) in [7, 11) is 0. The van der Waals surface area contributed by atoms with Gasteiger partial charge in [0.05, 0.1) is 6.54 Å². The number of imidazole rings is 1. The van der Waals surface area contributed by atoms with Crippen molar-refractivity contribution in [1.82, 2.24) is 4.57 Å². The van der Waals surface area contributed by atoms with E-state index in [2.05, 4.69) is 91.6 Å². The third kappa shape index (κ3) is 3.88. The summed E-state index contributed by atoms with van der Waals surface area (Å²) in [4.78, 5) is 0. The third-order valence-electron chi connectivity index (χ3n) is 5.16. The normalized spacial score (nSPS) is 13.8. The molecule has 0 saturated heterocycles. The number of fused-ring (bicyclic) bond motifs is 1. The summed E-state index contributed by atoms with van der Waals surface area (Å²) in [5, 5.41) is 1.35. The molecule has 2 nitrogen and oxygen atoms in total. The third-order valence-corrected chi connectivity index (χ3v) is 6.33. The lowest BCUT2D eigenvalue weighted by molar-refractivity contribution is -0.637. The first-order valence-electron chi connectivity index (χ1n) is 9.40. The number of aromatic nitrogens is 2. The van der Waals surface area contributed by atoms with Crippen molar-refractivity contribution in [2.24, 2.45) is 0 Å². The summed E-state index contributed by atoms with van der Waals surface area (Å²) in [5.41, 5.74) is 6.78. The number of halogens is 1. The molecule has 1 aromatic heterocycles. The van der Waals surface area contributed by atoms with Gasteiger partial charge in [-0.3, -0.25) is 0 Å². The van der Waals surface area contributed by atoms with Crippen molar-refractivity contribution >= 4 is 11.8 Å². The van der Waals surface area contributed by atoms with Gasteiger partial charge >= 0.3 is 5.16 Å². The molecule has 0 spiro atoms. The topological polar surface area (TPSA) is 8.81 Å². The molecule has 4 rings (SSSR count). The fourth-order valence-electron chi connectivity index (χ4n) is 3.61. The molecule has 0 N–H and O–H groups in total. The number of para-hydroxylation sites is 1. The minimum absolute atomic E-state index is 0. The molecule has 1 aliphatic rings. The summed E-state index contributed by atoms with van der Waals surface area (Å²) < 4.78 is 4.87. The molecule has 1 aliphatic heterocycles. The summed E-state index contributed by atoms with van der Waals surface area (Å²) in [6.45, 7) is 10.1.